The highest BCUT2D eigenvalue weighted by molar-refractivity contribution is 7.89. The van der Waals surface area contributed by atoms with Gasteiger partial charge in [-0.05, 0) is 62.8 Å². The number of ether oxygens (including phenoxy) is 1. The molecule has 1 aliphatic heterocycles. The molecule has 1 N–H and O–H groups in total. The topological polar surface area (TPSA) is 92.8 Å². The highest BCUT2D eigenvalue weighted by atomic mass is 32.2. The van der Waals surface area contributed by atoms with Crippen LogP contribution in [0.1, 0.15) is 49.7 Å². The number of aryl methyl sites for hydroxylation is 2. The number of amides is 1. The van der Waals surface area contributed by atoms with E-state index in [4.69, 9.17) is 4.74 Å². The first-order valence-electron chi connectivity index (χ1n) is 10.2. The molecule has 160 valence electrons. The Labute approximate surface area is 172 Å². The largest absolute Gasteiger partial charge is 0.467 e. The zero-order valence-electron chi connectivity index (χ0n) is 17.4. The Balaban J connectivity index is 1.64. The lowest BCUT2D eigenvalue weighted by atomic mass is 9.92. The molecule has 0 unspecified atom stereocenters. The fourth-order valence-corrected chi connectivity index (χ4v) is 5.83. The van der Waals surface area contributed by atoms with Crippen LogP contribution in [0.15, 0.2) is 23.1 Å². The molecular formula is C21H30N2O5S. The van der Waals surface area contributed by atoms with E-state index >= 15 is 0 Å². The number of piperidine rings is 1. The Hall–Kier alpha value is -1.93. The number of carbonyl (C=O) groups excluding carboxylic acids is 2. The number of hydrogen-bond donors (Lipinski definition) is 1. The van der Waals surface area contributed by atoms with Gasteiger partial charge in [0.05, 0.1) is 12.0 Å². The van der Waals surface area contributed by atoms with Gasteiger partial charge in [0.1, 0.15) is 5.54 Å². The van der Waals surface area contributed by atoms with Crippen LogP contribution in [0, 0.1) is 19.8 Å². The second-order valence-corrected chi connectivity index (χ2v) is 10.1. The van der Waals surface area contributed by atoms with Gasteiger partial charge in [-0.3, -0.25) is 4.79 Å². The van der Waals surface area contributed by atoms with Crippen molar-refractivity contribution in [2.45, 2.75) is 62.8 Å². The number of sulfonamides is 1. The van der Waals surface area contributed by atoms with Gasteiger partial charge < -0.3 is 10.1 Å². The summed E-state index contributed by atoms with van der Waals surface area (Å²) in [4.78, 5) is 25.3. The van der Waals surface area contributed by atoms with Crippen molar-refractivity contribution < 1.29 is 22.7 Å². The molecule has 2 aliphatic rings. The lowest BCUT2D eigenvalue weighted by molar-refractivity contribution is -0.151. The summed E-state index contributed by atoms with van der Waals surface area (Å²) >= 11 is 0. The minimum absolute atomic E-state index is 0.180. The number of carbonyl (C=O) groups is 2. The van der Waals surface area contributed by atoms with Crippen LogP contribution in [0.2, 0.25) is 0 Å². The molecule has 8 heteroatoms. The maximum absolute atomic E-state index is 12.9. The number of methoxy groups -OCH3 is 1. The van der Waals surface area contributed by atoms with Crippen molar-refractivity contribution in [3.63, 3.8) is 0 Å². The third-order valence-electron chi connectivity index (χ3n) is 6.34. The first kappa shape index (κ1) is 21.8. The van der Waals surface area contributed by atoms with Crippen LogP contribution in [0.25, 0.3) is 0 Å². The van der Waals surface area contributed by atoms with Crippen molar-refractivity contribution in [3.8, 4) is 0 Å². The van der Waals surface area contributed by atoms with E-state index in [1.165, 1.54) is 11.4 Å². The Morgan fingerprint density at radius 3 is 2.28 bits per heavy atom. The number of esters is 1. The van der Waals surface area contributed by atoms with Crippen LogP contribution in [-0.2, 0) is 24.3 Å². The molecule has 1 amide bonds. The summed E-state index contributed by atoms with van der Waals surface area (Å²) in [7, 11) is -2.24. The van der Waals surface area contributed by atoms with E-state index < -0.39 is 21.5 Å². The van der Waals surface area contributed by atoms with Crippen molar-refractivity contribution in [1.82, 2.24) is 9.62 Å². The molecule has 0 aromatic heterocycles. The van der Waals surface area contributed by atoms with E-state index in [-0.39, 0.29) is 11.8 Å². The summed E-state index contributed by atoms with van der Waals surface area (Å²) in [6.45, 7) is 4.42. The van der Waals surface area contributed by atoms with E-state index in [0.717, 1.165) is 24.0 Å². The zero-order valence-corrected chi connectivity index (χ0v) is 18.2. The predicted octanol–water partition coefficient (Wildman–Crippen LogP) is 2.31. The highest BCUT2D eigenvalue weighted by Crippen LogP contribution is 2.32. The van der Waals surface area contributed by atoms with Gasteiger partial charge in [-0.1, -0.05) is 18.9 Å². The quantitative estimate of drug-likeness (QED) is 0.735. The minimum Gasteiger partial charge on any atom is -0.467 e. The van der Waals surface area contributed by atoms with Crippen LogP contribution in [-0.4, -0.2) is 50.3 Å². The number of nitrogens with zero attached hydrogens (tertiary/aromatic N) is 1. The van der Waals surface area contributed by atoms with Crippen LogP contribution in [0.3, 0.4) is 0 Å². The Kier molecular flexibility index (Phi) is 6.33. The molecule has 3 rings (SSSR count). The first-order valence-corrected chi connectivity index (χ1v) is 11.6. The summed E-state index contributed by atoms with van der Waals surface area (Å²) in [6, 6.07) is 5.15. The fraction of sp³-hybridized carbons (Fsp3) is 0.619. The van der Waals surface area contributed by atoms with Gasteiger partial charge in [-0.25, -0.2) is 13.2 Å². The lowest BCUT2D eigenvalue weighted by Gasteiger charge is -2.33. The maximum Gasteiger partial charge on any atom is 0.331 e. The van der Waals surface area contributed by atoms with Gasteiger partial charge in [-0.2, -0.15) is 4.31 Å². The molecule has 0 atom stereocenters. The second kappa shape index (κ2) is 8.44. The van der Waals surface area contributed by atoms with E-state index in [0.29, 0.717) is 43.7 Å². The van der Waals surface area contributed by atoms with Gasteiger partial charge in [0.15, 0.2) is 0 Å². The highest BCUT2D eigenvalue weighted by Gasteiger charge is 2.45. The SMILES string of the molecule is COC(=O)C1(NC(=O)C2CCN(S(=O)(=O)c3ccc(C)c(C)c3)CC2)CCCC1. The van der Waals surface area contributed by atoms with E-state index in [2.05, 4.69) is 5.32 Å². The number of nitrogens with one attached hydrogen (secondary N) is 1. The molecule has 1 saturated heterocycles. The molecule has 0 bridgehead atoms. The van der Waals surface area contributed by atoms with Gasteiger partial charge in [0.2, 0.25) is 15.9 Å². The number of hydrogen-bond acceptors (Lipinski definition) is 5. The molecule has 29 heavy (non-hydrogen) atoms. The standard InChI is InChI=1S/C21H30N2O5S/c1-15-6-7-18(14-16(15)2)29(26,27)23-12-8-17(9-13-23)19(24)22-21(20(25)28-3)10-4-5-11-21/h6-7,14,17H,4-5,8-13H2,1-3H3,(H,22,24). The van der Waals surface area contributed by atoms with Crippen LogP contribution in [0.5, 0.6) is 0 Å². The third kappa shape index (κ3) is 4.33. The van der Waals surface area contributed by atoms with Gasteiger partial charge in [0.25, 0.3) is 0 Å². The van der Waals surface area contributed by atoms with Crippen molar-refractivity contribution >= 4 is 21.9 Å². The summed E-state index contributed by atoms with van der Waals surface area (Å²) < 4.78 is 32.3. The van der Waals surface area contributed by atoms with Gasteiger partial charge >= 0.3 is 5.97 Å². The van der Waals surface area contributed by atoms with Crippen molar-refractivity contribution in [2.24, 2.45) is 5.92 Å². The average Bonchev–Trinajstić information content (AvgIpc) is 3.19. The Morgan fingerprint density at radius 1 is 1.10 bits per heavy atom. The summed E-state index contributed by atoms with van der Waals surface area (Å²) in [5.74, 6) is -0.873. The second-order valence-electron chi connectivity index (χ2n) is 8.19. The maximum atomic E-state index is 12.9. The van der Waals surface area contributed by atoms with E-state index in [1.54, 1.807) is 12.1 Å². The van der Waals surface area contributed by atoms with E-state index in [1.807, 2.05) is 19.9 Å². The number of rotatable bonds is 5. The molecule has 1 aromatic rings. The Morgan fingerprint density at radius 2 is 1.72 bits per heavy atom. The summed E-state index contributed by atoms with van der Waals surface area (Å²) in [6.07, 6.45) is 3.81. The minimum atomic E-state index is -3.57. The number of benzene rings is 1. The molecule has 7 nitrogen and oxygen atoms in total. The summed E-state index contributed by atoms with van der Waals surface area (Å²) in [5.41, 5.74) is 1.06. The summed E-state index contributed by atoms with van der Waals surface area (Å²) in [5, 5.41) is 2.93. The van der Waals surface area contributed by atoms with Gasteiger partial charge in [0, 0.05) is 19.0 Å². The lowest BCUT2D eigenvalue weighted by Crippen LogP contribution is -2.55. The monoisotopic (exact) mass is 422 g/mol. The average molecular weight is 423 g/mol. The van der Waals surface area contributed by atoms with Crippen molar-refractivity contribution in [3.05, 3.63) is 29.3 Å². The molecule has 0 spiro atoms. The molecule has 1 aliphatic carbocycles. The fourth-order valence-electron chi connectivity index (χ4n) is 4.27. The van der Waals surface area contributed by atoms with Crippen LogP contribution >= 0.6 is 0 Å². The molecular weight excluding hydrogens is 392 g/mol. The van der Waals surface area contributed by atoms with Crippen molar-refractivity contribution in [2.75, 3.05) is 20.2 Å². The zero-order chi connectivity index (χ0) is 21.2. The molecule has 2 fully saturated rings. The molecule has 1 heterocycles. The van der Waals surface area contributed by atoms with Gasteiger partial charge in [-0.15, -0.1) is 0 Å². The predicted molar refractivity (Wildman–Crippen MR) is 109 cm³/mol. The molecule has 1 aromatic carbocycles. The van der Waals surface area contributed by atoms with Crippen molar-refractivity contribution in [1.29, 1.82) is 0 Å². The Bertz CT molecular complexity index is 882. The van der Waals surface area contributed by atoms with Crippen LogP contribution in [0.4, 0.5) is 0 Å². The smallest absolute Gasteiger partial charge is 0.331 e. The third-order valence-corrected chi connectivity index (χ3v) is 8.23. The molecule has 0 radical (unpaired) electrons. The van der Waals surface area contributed by atoms with Crippen LogP contribution < -0.4 is 5.32 Å². The first-order chi connectivity index (χ1) is 13.7. The van der Waals surface area contributed by atoms with E-state index in [9.17, 15) is 18.0 Å². The molecule has 1 saturated carbocycles. The normalized spacial score (nSPS) is 20.4.